The van der Waals surface area contributed by atoms with E-state index in [1.165, 1.54) is 9.75 Å². The van der Waals surface area contributed by atoms with Crippen molar-refractivity contribution in [3.05, 3.63) is 21.9 Å². The van der Waals surface area contributed by atoms with Gasteiger partial charge < -0.3 is 15.7 Å². The predicted molar refractivity (Wildman–Crippen MR) is 78.1 cm³/mol. The summed E-state index contributed by atoms with van der Waals surface area (Å²) in [7, 11) is 0. The summed E-state index contributed by atoms with van der Waals surface area (Å²) < 4.78 is 0. The van der Waals surface area contributed by atoms with Crippen molar-refractivity contribution >= 4 is 23.3 Å². The van der Waals surface area contributed by atoms with E-state index < -0.39 is 11.4 Å². The Balaban J connectivity index is 1.73. The van der Waals surface area contributed by atoms with E-state index in [2.05, 4.69) is 29.7 Å². The number of carbonyl (C=O) groups excluding carboxylic acids is 1. The summed E-state index contributed by atoms with van der Waals surface area (Å²) in [4.78, 5) is 25.2. The zero-order valence-corrected chi connectivity index (χ0v) is 12.5. The third kappa shape index (κ3) is 3.72. The second kappa shape index (κ2) is 5.83. The third-order valence-corrected chi connectivity index (χ3v) is 4.60. The van der Waals surface area contributed by atoms with Crippen LogP contribution in [-0.2, 0) is 11.2 Å². The zero-order chi connectivity index (χ0) is 14.8. The predicted octanol–water partition coefficient (Wildman–Crippen LogP) is 2.15. The smallest absolute Gasteiger partial charge is 0.315 e. The first kappa shape index (κ1) is 14.8. The Bertz CT molecular complexity index is 508. The Morgan fingerprint density at radius 2 is 2.15 bits per heavy atom. The number of thiophene rings is 1. The SMILES string of the molecule is Cc1ccc(CC(C)NC(=O)NCC2(C(=O)O)CC2)s1. The molecule has 1 atom stereocenters. The van der Waals surface area contributed by atoms with E-state index >= 15 is 0 Å². The second-order valence-corrected chi connectivity index (χ2v) is 6.90. The van der Waals surface area contributed by atoms with Crippen LogP contribution in [0, 0.1) is 12.3 Å². The summed E-state index contributed by atoms with van der Waals surface area (Å²) in [5.74, 6) is -0.820. The fourth-order valence-corrected chi connectivity index (χ4v) is 3.11. The van der Waals surface area contributed by atoms with E-state index in [-0.39, 0.29) is 18.6 Å². The van der Waals surface area contributed by atoms with Crippen molar-refractivity contribution in [2.45, 2.75) is 39.2 Å². The van der Waals surface area contributed by atoms with Gasteiger partial charge in [-0.25, -0.2) is 4.79 Å². The second-order valence-electron chi connectivity index (χ2n) is 5.53. The lowest BCUT2D eigenvalue weighted by Crippen LogP contribution is -2.44. The van der Waals surface area contributed by atoms with Crippen molar-refractivity contribution < 1.29 is 14.7 Å². The third-order valence-electron chi connectivity index (χ3n) is 3.58. The fourth-order valence-electron chi connectivity index (χ4n) is 2.09. The van der Waals surface area contributed by atoms with Crippen molar-refractivity contribution in [1.29, 1.82) is 0 Å². The Morgan fingerprint density at radius 3 is 2.65 bits per heavy atom. The van der Waals surface area contributed by atoms with Crippen molar-refractivity contribution in [3.8, 4) is 0 Å². The van der Waals surface area contributed by atoms with E-state index in [0.29, 0.717) is 12.8 Å². The number of rotatable bonds is 6. The van der Waals surface area contributed by atoms with Gasteiger partial charge in [-0.05, 0) is 38.8 Å². The van der Waals surface area contributed by atoms with Gasteiger partial charge in [0.25, 0.3) is 0 Å². The number of aliphatic carboxylic acids is 1. The van der Waals surface area contributed by atoms with Crippen molar-refractivity contribution in [3.63, 3.8) is 0 Å². The molecule has 0 radical (unpaired) electrons. The molecule has 3 N–H and O–H groups in total. The van der Waals surface area contributed by atoms with E-state index in [4.69, 9.17) is 5.11 Å². The first-order valence-electron chi connectivity index (χ1n) is 6.74. The van der Waals surface area contributed by atoms with Gasteiger partial charge in [-0.15, -0.1) is 11.3 Å². The molecule has 0 spiro atoms. The Morgan fingerprint density at radius 1 is 1.45 bits per heavy atom. The summed E-state index contributed by atoms with van der Waals surface area (Å²) >= 11 is 1.73. The fraction of sp³-hybridized carbons (Fsp3) is 0.571. The van der Waals surface area contributed by atoms with Crippen LogP contribution in [0.2, 0.25) is 0 Å². The molecular formula is C14H20N2O3S. The number of carbonyl (C=O) groups is 2. The molecule has 0 bridgehead atoms. The maximum atomic E-state index is 11.7. The van der Waals surface area contributed by atoms with Gasteiger partial charge in [0, 0.05) is 28.8 Å². The lowest BCUT2D eigenvalue weighted by atomic mass is 10.1. The molecule has 5 nitrogen and oxygen atoms in total. The van der Waals surface area contributed by atoms with Crippen molar-refractivity contribution in [1.82, 2.24) is 10.6 Å². The van der Waals surface area contributed by atoms with Crippen molar-refractivity contribution in [2.75, 3.05) is 6.54 Å². The molecule has 1 aliphatic carbocycles. The van der Waals surface area contributed by atoms with Crippen LogP contribution in [-0.4, -0.2) is 29.7 Å². The highest BCUT2D eigenvalue weighted by Crippen LogP contribution is 2.45. The summed E-state index contributed by atoms with van der Waals surface area (Å²) in [6, 6.07) is 3.86. The average molecular weight is 296 g/mol. The minimum Gasteiger partial charge on any atom is -0.481 e. The van der Waals surface area contributed by atoms with Gasteiger partial charge >= 0.3 is 12.0 Å². The summed E-state index contributed by atoms with van der Waals surface area (Å²) in [5, 5.41) is 14.5. The van der Waals surface area contributed by atoms with E-state index in [9.17, 15) is 9.59 Å². The van der Waals surface area contributed by atoms with Crippen LogP contribution in [0.4, 0.5) is 4.79 Å². The number of hydrogen-bond acceptors (Lipinski definition) is 3. The largest absolute Gasteiger partial charge is 0.481 e. The minimum absolute atomic E-state index is 0.0213. The molecule has 2 amide bonds. The molecule has 1 heterocycles. The van der Waals surface area contributed by atoms with Crippen LogP contribution >= 0.6 is 11.3 Å². The van der Waals surface area contributed by atoms with E-state index in [1.54, 1.807) is 11.3 Å². The van der Waals surface area contributed by atoms with Gasteiger partial charge in [0.15, 0.2) is 0 Å². The van der Waals surface area contributed by atoms with Gasteiger partial charge in [0.1, 0.15) is 0 Å². The molecule has 1 aliphatic rings. The van der Waals surface area contributed by atoms with Gasteiger partial charge in [-0.3, -0.25) is 4.79 Å². The number of hydrogen-bond donors (Lipinski definition) is 3. The zero-order valence-electron chi connectivity index (χ0n) is 11.7. The number of carboxylic acids is 1. The maximum absolute atomic E-state index is 11.7. The molecule has 0 saturated heterocycles. The van der Waals surface area contributed by atoms with Gasteiger partial charge in [-0.1, -0.05) is 0 Å². The molecule has 0 aromatic carbocycles. The number of amides is 2. The lowest BCUT2D eigenvalue weighted by molar-refractivity contribution is -0.143. The molecule has 1 fully saturated rings. The monoisotopic (exact) mass is 296 g/mol. The van der Waals surface area contributed by atoms with Crippen LogP contribution < -0.4 is 10.6 Å². The summed E-state index contributed by atoms with van der Waals surface area (Å²) in [6.45, 7) is 4.21. The summed E-state index contributed by atoms with van der Waals surface area (Å²) in [5.41, 5.74) is -0.717. The first-order chi connectivity index (χ1) is 9.41. The quantitative estimate of drug-likeness (QED) is 0.752. The van der Waals surface area contributed by atoms with Gasteiger partial charge in [0.05, 0.1) is 5.41 Å². The van der Waals surface area contributed by atoms with Crippen LogP contribution in [0.5, 0.6) is 0 Å². The molecule has 6 heteroatoms. The number of aryl methyl sites for hydroxylation is 1. The molecule has 2 rings (SSSR count). The Hall–Kier alpha value is -1.56. The number of nitrogens with one attached hydrogen (secondary N) is 2. The van der Waals surface area contributed by atoms with Gasteiger partial charge in [0.2, 0.25) is 0 Å². The molecule has 110 valence electrons. The van der Waals surface area contributed by atoms with Crippen LogP contribution in [0.25, 0.3) is 0 Å². The molecule has 1 aromatic rings. The molecule has 1 saturated carbocycles. The van der Waals surface area contributed by atoms with Crippen molar-refractivity contribution in [2.24, 2.45) is 5.41 Å². The highest BCUT2D eigenvalue weighted by Gasteiger charge is 2.50. The van der Waals surface area contributed by atoms with E-state index in [1.807, 2.05) is 6.92 Å². The maximum Gasteiger partial charge on any atom is 0.315 e. The van der Waals surface area contributed by atoms with Gasteiger partial charge in [-0.2, -0.15) is 0 Å². The normalized spacial score (nSPS) is 17.3. The van der Waals surface area contributed by atoms with E-state index in [0.717, 1.165) is 6.42 Å². The van der Waals surface area contributed by atoms with Crippen LogP contribution in [0.15, 0.2) is 12.1 Å². The molecule has 1 unspecified atom stereocenters. The molecular weight excluding hydrogens is 276 g/mol. The lowest BCUT2D eigenvalue weighted by Gasteiger charge is -2.16. The summed E-state index contributed by atoms with van der Waals surface area (Å²) in [6.07, 6.45) is 2.08. The molecule has 0 aliphatic heterocycles. The first-order valence-corrected chi connectivity index (χ1v) is 7.56. The van der Waals surface area contributed by atoms with Crippen LogP contribution in [0.1, 0.15) is 29.5 Å². The average Bonchev–Trinajstić information content (AvgIpc) is 3.06. The molecule has 20 heavy (non-hydrogen) atoms. The molecule has 1 aromatic heterocycles. The highest BCUT2D eigenvalue weighted by atomic mass is 32.1. The van der Waals surface area contributed by atoms with Crippen LogP contribution in [0.3, 0.4) is 0 Å². The number of carboxylic acid groups (broad SMARTS) is 1. The Labute approximate surface area is 122 Å². The number of urea groups is 1. The minimum atomic E-state index is -0.820. The topological polar surface area (TPSA) is 78.4 Å². The highest BCUT2D eigenvalue weighted by molar-refractivity contribution is 7.11. The standard InChI is InChI=1S/C14H20N2O3S/c1-9(7-11-4-3-10(2)20-11)16-13(19)15-8-14(5-6-14)12(17)18/h3-4,9H,5-8H2,1-2H3,(H,17,18)(H2,15,16,19). The Kier molecular flexibility index (Phi) is 4.32.